The number of aromatic carboxylic acids is 1. The Balaban J connectivity index is 3.31. The van der Waals surface area contributed by atoms with E-state index in [2.05, 4.69) is 14.7 Å². The third-order valence-corrected chi connectivity index (χ3v) is 1.74. The molecule has 0 atom stereocenters. The number of halogens is 2. The summed E-state index contributed by atoms with van der Waals surface area (Å²) in [6.07, 6.45) is 0. The van der Waals surface area contributed by atoms with Gasteiger partial charge in [0, 0.05) is 0 Å². The minimum atomic E-state index is -1.28. The highest BCUT2D eigenvalue weighted by molar-refractivity contribution is 6.37. The Bertz CT molecular complexity index is 333. The summed E-state index contributed by atoms with van der Waals surface area (Å²) in [5.74, 6) is -1.28. The first-order valence-electron chi connectivity index (χ1n) is 3.06. The first kappa shape index (κ1) is 10.0. The second kappa shape index (κ2) is 3.76. The number of rotatable bonds is 2. The maximum Gasteiger partial charge on any atom is 0.342 e. The fourth-order valence-electron chi connectivity index (χ4n) is 0.658. The highest BCUT2D eigenvalue weighted by atomic mass is 35.5. The molecule has 0 radical (unpaired) electrons. The van der Waals surface area contributed by atoms with Crippen molar-refractivity contribution < 1.29 is 14.6 Å². The molecule has 0 aromatic carbocycles. The van der Waals surface area contributed by atoms with Gasteiger partial charge < -0.3 is 9.84 Å². The molecule has 0 unspecified atom stereocenters. The zero-order valence-electron chi connectivity index (χ0n) is 6.41. The SMILES string of the molecule is COc1nc(Cl)c(C(=O)O)c(Cl)n1. The van der Waals surface area contributed by atoms with Crippen LogP contribution < -0.4 is 4.74 Å². The van der Waals surface area contributed by atoms with Gasteiger partial charge in [0.15, 0.2) is 10.3 Å². The van der Waals surface area contributed by atoms with Crippen molar-refractivity contribution in [2.75, 3.05) is 7.11 Å². The van der Waals surface area contributed by atoms with Crippen LogP contribution in [-0.2, 0) is 0 Å². The van der Waals surface area contributed by atoms with Crippen LogP contribution in [0.5, 0.6) is 6.01 Å². The van der Waals surface area contributed by atoms with Gasteiger partial charge in [0.1, 0.15) is 5.56 Å². The van der Waals surface area contributed by atoms with Gasteiger partial charge in [-0.3, -0.25) is 0 Å². The third-order valence-electron chi connectivity index (χ3n) is 1.20. The van der Waals surface area contributed by atoms with Crippen molar-refractivity contribution in [3.63, 3.8) is 0 Å². The molecule has 1 rings (SSSR count). The summed E-state index contributed by atoms with van der Waals surface area (Å²) >= 11 is 11.0. The Hall–Kier alpha value is -1.07. The van der Waals surface area contributed by atoms with E-state index in [1.54, 1.807) is 0 Å². The van der Waals surface area contributed by atoms with E-state index < -0.39 is 5.97 Å². The van der Waals surface area contributed by atoms with Gasteiger partial charge in [-0.05, 0) is 0 Å². The predicted molar refractivity (Wildman–Crippen MR) is 45.6 cm³/mol. The van der Waals surface area contributed by atoms with E-state index >= 15 is 0 Å². The number of nitrogens with zero attached hydrogens (tertiary/aromatic N) is 2. The van der Waals surface area contributed by atoms with Gasteiger partial charge in [-0.15, -0.1) is 0 Å². The summed E-state index contributed by atoms with van der Waals surface area (Å²) in [6.45, 7) is 0. The van der Waals surface area contributed by atoms with E-state index in [9.17, 15) is 4.79 Å². The zero-order valence-corrected chi connectivity index (χ0v) is 7.93. The minimum absolute atomic E-state index is 0.0694. The molecule has 5 nitrogen and oxygen atoms in total. The molecule has 0 amide bonds. The molecule has 1 aromatic rings. The second-order valence-corrected chi connectivity index (χ2v) is 2.69. The van der Waals surface area contributed by atoms with Gasteiger partial charge in [0.25, 0.3) is 0 Å². The lowest BCUT2D eigenvalue weighted by molar-refractivity contribution is 0.0696. The van der Waals surface area contributed by atoms with E-state index in [0.29, 0.717) is 0 Å². The number of carboxylic acid groups (broad SMARTS) is 1. The van der Waals surface area contributed by atoms with Crippen LogP contribution in [0.25, 0.3) is 0 Å². The molecule has 0 aliphatic rings. The van der Waals surface area contributed by atoms with E-state index in [1.165, 1.54) is 7.11 Å². The summed E-state index contributed by atoms with van der Waals surface area (Å²) in [5.41, 5.74) is -0.330. The highest BCUT2D eigenvalue weighted by Crippen LogP contribution is 2.23. The summed E-state index contributed by atoms with van der Waals surface area (Å²) in [7, 11) is 1.32. The molecular formula is C6H4Cl2N2O3. The molecule has 0 spiro atoms. The van der Waals surface area contributed by atoms with Crippen LogP contribution >= 0.6 is 23.2 Å². The van der Waals surface area contributed by atoms with Crippen LogP contribution in [0.2, 0.25) is 10.3 Å². The number of ether oxygens (including phenoxy) is 1. The van der Waals surface area contributed by atoms with Crippen LogP contribution in [-0.4, -0.2) is 28.2 Å². The average Bonchev–Trinajstić information content (AvgIpc) is 2.02. The Morgan fingerprint density at radius 3 is 2.15 bits per heavy atom. The maximum atomic E-state index is 10.6. The summed E-state index contributed by atoms with van der Waals surface area (Å²) in [5, 5.41) is 8.13. The monoisotopic (exact) mass is 222 g/mol. The molecule has 0 fully saturated rings. The lowest BCUT2D eigenvalue weighted by atomic mass is 10.3. The van der Waals surface area contributed by atoms with Crippen LogP contribution in [0.4, 0.5) is 0 Å². The molecule has 0 aliphatic carbocycles. The normalized spacial score (nSPS) is 9.77. The Kier molecular flexibility index (Phi) is 2.90. The summed E-state index contributed by atoms with van der Waals surface area (Å²) in [6, 6.07) is -0.0694. The van der Waals surface area contributed by atoms with Crippen molar-refractivity contribution in [1.82, 2.24) is 9.97 Å². The minimum Gasteiger partial charge on any atom is -0.477 e. The number of carbonyl (C=O) groups is 1. The van der Waals surface area contributed by atoms with Crippen molar-refractivity contribution in [2.45, 2.75) is 0 Å². The van der Waals surface area contributed by atoms with Gasteiger partial charge in [-0.25, -0.2) is 4.79 Å². The van der Waals surface area contributed by atoms with Crippen LogP contribution in [0.1, 0.15) is 10.4 Å². The van der Waals surface area contributed by atoms with Gasteiger partial charge >= 0.3 is 12.0 Å². The van der Waals surface area contributed by atoms with Crippen molar-refractivity contribution in [2.24, 2.45) is 0 Å². The number of hydrogen-bond donors (Lipinski definition) is 1. The van der Waals surface area contributed by atoms with E-state index in [1.807, 2.05) is 0 Å². The van der Waals surface area contributed by atoms with Crippen molar-refractivity contribution in [3.8, 4) is 6.01 Å². The average molecular weight is 223 g/mol. The number of carboxylic acids is 1. The topological polar surface area (TPSA) is 72.3 Å². The molecule has 1 heterocycles. The summed E-state index contributed by atoms with van der Waals surface area (Å²) < 4.78 is 4.63. The molecule has 13 heavy (non-hydrogen) atoms. The summed E-state index contributed by atoms with van der Waals surface area (Å²) in [4.78, 5) is 17.6. The first-order valence-corrected chi connectivity index (χ1v) is 3.82. The Labute approximate surface area is 83.3 Å². The van der Waals surface area contributed by atoms with Crippen LogP contribution in [0, 0.1) is 0 Å². The fraction of sp³-hybridized carbons (Fsp3) is 0.167. The van der Waals surface area contributed by atoms with E-state index in [0.717, 1.165) is 0 Å². The van der Waals surface area contributed by atoms with Gasteiger partial charge in [0.05, 0.1) is 7.11 Å². The van der Waals surface area contributed by atoms with Gasteiger partial charge in [0.2, 0.25) is 0 Å². The fourth-order valence-corrected chi connectivity index (χ4v) is 1.19. The molecule has 7 heteroatoms. The highest BCUT2D eigenvalue weighted by Gasteiger charge is 2.17. The standard InChI is InChI=1S/C6H4Cl2N2O3/c1-13-6-9-3(7)2(5(11)12)4(8)10-6/h1H3,(H,11,12). The quantitative estimate of drug-likeness (QED) is 0.768. The zero-order chi connectivity index (χ0) is 10.0. The smallest absolute Gasteiger partial charge is 0.342 e. The second-order valence-electron chi connectivity index (χ2n) is 1.97. The number of hydrogen-bond acceptors (Lipinski definition) is 4. The molecule has 0 bridgehead atoms. The lowest BCUT2D eigenvalue weighted by Gasteiger charge is -2.02. The van der Waals surface area contributed by atoms with Gasteiger partial charge in [-0.2, -0.15) is 9.97 Å². The molecule has 0 saturated heterocycles. The maximum absolute atomic E-state index is 10.6. The first-order chi connectivity index (χ1) is 6.06. The van der Waals surface area contributed by atoms with Gasteiger partial charge in [-0.1, -0.05) is 23.2 Å². The Morgan fingerprint density at radius 2 is 1.85 bits per heavy atom. The van der Waals surface area contributed by atoms with Crippen LogP contribution in [0.3, 0.4) is 0 Å². The Morgan fingerprint density at radius 1 is 1.38 bits per heavy atom. The molecule has 1 aromatic heterocycles. The third kappa shape index (κ3) is 1.99. The van der Waals surface area contributed by atoms with Crippen molar-refractivity contribution >= 4 is 29.2 Å². The van der Waals surface area contributed by atoms with E-state index in [4.69, 9.17) is 28.3 Å². The number of methoxy groups -OCH3 is 1. The van der Waals surface area contributed by atoms with E-state index in [-0.39, 0.29) is 21.9 Å². The number of aromatic nitrogens is 2. The predicted octanol–water partition coefficient (Wildman–Crippen LogP) is 1.49. The molecule has 0 saturated carbocycles. The van der Waals surface area contributed by atoms with Crippen molar-refractivity contribution in [3.05, 3.63) is 15.9 Å². The van der Waals surface area contributed by atoms with Crippen LogP contribution in [0.15, 0.2) is 0 Å². The largest absolute Gasteiger partial charge is 0.477 e. The molecule has 0 aliphatic heterocycles. The molecular weight excluding hydrogens is 219 g/mol. The van der Waals surface area contributed by atoms with Crippen molar-refractivity contribution in [1.29, 1.82) is 0 Å². The molecule has 1 N–H and O–H groups in total. The molecule has 70 valence electrons. The lowest BCUT2D eigenvalue weighted by Crippen LogP contribution is -2.04.